The summed E-state index contributed by atoms with van der Waals surface area (Å²) in [4.78, 5) is 7.23. The topological polar surface area (TPSA) is 47.3 Å². The van der Waals surface area contributed by atoms with Crippen molar-refractivity contribution in [3.63, 3.8) is 0 Å². The van der Waals surface area contributed by atoms with E-state index in [1.54, 1.807) is 0 Å². The molecule has 0 aliphatic carbocycles. The maximum atomic E-state index is 6.48. The van der Waals surface area contributed by atoms with Gasteiger partial charge >= 0.3 is 0 Å². The van der Waals surface area contributed by atoms with Gasteiger partial charge in [0.2, 0.25) is 5.89 Å². The van der Waals surface area contributed by atoms with E-state index in [-0.39, 0.29) is 0 Å². The van der Waals surface area contributed by atoms with Gasteiger partial charge in [0, 0.05) is 50.1 Å². The summed E-state index contributed by atoms with van der Waals surface area (Å²) in [6.45, 7) is 0. The zero-order valence-electron chi connectivity index (χ0n) is 32.4. The molecule has 0 saturated carbocycles. The number of fused-ring (bicyclic) bond motifs is 7. The van der Waals surface area contributed by atoms with Crippen LogP contribution in [0.2, 0.25) is 0 Å². The molecule has 5 heteroatoms. The molecule has 0 radical (unpaired) electrons. The highest BCUT2D eigenvalue weighted by molar-refractivity contribution is 6.17. The highest BCUT2D eigenvalue weighted by Crippen LogP contribution is 2.47. The Hall–Kier alpha value is -8.15. The molecule has 0 bridgehead atoms. The van der Waals surface area contributed by atoms with E-state index in [0.29, 0.717) is 11.5 Å². The van der Waals surface area contributed by atoms with Crippen molar-refractivity contribution in [3.8, 4) is 39.4 Å². The van der Waals surface area contributed by atoms with E-state index >= 15 is 0 Å². The van der Waals surface area contributed by atoms with Gasteiger partial charge in [-0.2, -0.15) is 0 Å². The summed E-state index contributed by atoms with van der Waals surface area (Å²) in [6, 6.07) is 74.8. The monoisotopic (exact) mass is 769 g/mol. The minimum atomic E-state index is 0.603. The van der Waals surface area contributed by atoms with Gasteiger partial charge in [0.25, 0.3) is 0 Å². The molecule has 12 aromatic rings. The molecule has 3 aromatic heterocycles. The van der Waals surface area contributed by atoms with Crippen LogP contribution in [0.4, 0.5) is 17.1 Å². The number of furan rings is 1. The number of hydrogen-bond acceptors (Lipinski definition) is 4. The molecule has 12 rings (SSSR count). The second-order valence-electron chi connectivity index (χ2n) is 15.1. The van der Waals surface area contributed by atoms with Gasteiger partial charge in [0.05, 0.1) is 22.4 Å². The molecule has 0 aliphatic heterocycles. The van der Waals surface area contributed by atoms with Crippen molar-refractivity contribution in [2.24, 2.45) is 0 Å². The number of anilines is 3. The van der Waals surface area contributed by atoms with Crippen molar-refractivity contribution >= 4 is 71.9 Å². The molecule has 0 amide bonds. The lowest BCUT2D eigenvalue weighted by Crippen LogP contribution is -2.11. The number of aromatic nitrogens is 2. The number of nitrogens with zero attached hydrogens (tertiary/aromatic N) is 3. The van der Waals surface area contributed by atoms with Crippen LogP contribution >= 0.6 is 0 Å². The fourth-order valence-corrected chi connectivity index (χ4v) is 8.86. The Balaban J connectivity index is 0.991. The lowest BCUT2D eigenvalue weighted by atomic mass is 10.00. The smallest absolute Gasteiger partial charge is 0.227 e. The third kappa shape index (κ3) is 5.52. The Bertz CT molecular complexity index is 3530. The lowest BCUT2D eigenvalue weighted by molar-refractivity contribution is 0.617. The molecular weight excluding hydrogens is 735 g/mol. The maximum absolute atomic E-state index is 6.48. The van der Waals surface area contributed by atoms with Gasteiger partial charge in [-0.05, 0) is 95.6 Å². The fourth-order valence-electron chi connectivity index (χ4n) is 8.86. The Morgan fingerprint density at radius 3 is 1.87 bits per heavy atom. The Kier molecular flexibility index (Phi) is 7.78. The van der Waals surface area contributed by atoms with Crippen LogP contribution in [0.25, 0.3) is 94.2 Å². The summed E-state index contributed by atoms with van der Waals surface area (Å²) in [5.74, 6) is 0.603. The molecule has 0 spiro atoms. The summed E-state index contributed by atoms with van der Waals surface area (Å²) in [5.41, 5.74) is 15.2. The van der Waals surface area contributed by atoms with E-state index in [1.807, 2.05) is 36.4 Å². The zero-order chi connectivity index (χ0) is 39.6. The Morgan fingerprint density at radius 2 is 1.05 bits per heavy atom. The number of oxazole rings is 1. The normalized spacial score (nSPS) is 11.7. The van der Waals surface area contributed by atoms with E-state index < -0.39 is 0 Å². The van der Waals surface area contributed by atoms with Gasteiger partial charge in [0.1, 0.15) is 16.7 Å². The number of rotatable bonds is 7. The van der Waals surface area contributed by atoms with Crippen LogP contribution in [-0.4, -0.2) is 9.55 Å². The van der Waals surface area contributed by atoms with Crippen LogP contribution < -0.4 is 4.90 Å². The van der Waals surface area contributed by atoms with Crippen LogP contribution in [0.5, 0.6) is 0 Å². The minimum Gasteiger partial charge on any atom is -0.456 e. The van der Waals surface area contributed by atoms with Gasteiger partial charge in [0.15, 0.2) is 5.58 Å². The van der Waals surface area contributed by atoms with Crippen molar-refractivity contribution in [2.75, 3.05) is 4.90 Å². The van der Waals surface area contributed by atoms with E-state index in [0.717, 1.165) is 83.5 Å². The molecule has 0 saturated heterocycles. The highest BCUT2D eigenvalue weighted by atomic mass is 16.4. The van der Waals surface area contributed by atoms with E-state index in [4.69, 9.17) is 13.8 Å². The highest BCUT2D eigenvalue weighted by Gasteiger charge is 2.23. The second kappa shape index (κ2) is 13.8. The quantitative estimate of drug-likeness (QED) is 0.162. The molecule has 0 N–H and O–H groups in total. The molecule has 0 aliphatic rings. The maximum Gasteiger partial charge on any atom is 0.227 e. The average Bonchev–Trinajstić information content (AvgIpc) is 4.01. The number of hydrogen-bond donors (Lipinski definition) is 0. The van der Waals surface area contributed by atoms with Crippen molar-refractivity contribution in [1.82, 2.24) is 9.55 Å². The first-order valence-electron chi connectivity index (χ1n) is 20.2. The van der Waals surface area contributed by atoms with Crippen molar-refractivity contribution in [2.45, 2.75) is 0 Å². The third-order valence-corrected chi connectivity index (χ3v) is 11.6. The zero-order valence-corrected chi connectivity index (χ0v) is 32.4. The van der Waals surface area contributed by atoms with Crippen LogP contribution in [0.1, 0.15) is 0 Å². The van der Waals surface area contributed by atoms with Crippen molar-refractivity contribution in [3.05, 3.63) is 212 Å². The number of benzene rings is 9. The van der Waals surface area contributed by atoms with Gasteiger partial charge in [-0.1, -0.05) is 127 Å². The van der Waals surface area contributed by atoms with Crippen LogP contribution in [-0.2, 0) is 0 Å². The van der Waals surface area contributed by atoms with Gasteiger partial charge in [-0.3, -0.25) is 0 Å². The first-order chi connectivity index (χ1) is 29.7. The van der Waals surface area contributed by atoms with Gasteiger partial charge < -0.3 is 18.3 Å². The van der Waals surface area contributed by atoms with Gasteiger partial charge in [-0.15, -0.1) is 0 Å². The molecule has 0 fully saturated rings. The molecule has 0 atom stereocenters. The van der Waals surface area contributed by atoms with E-state index in [2.05, 4.69) is 185 Å². The standard InChI is InChI=1S/C55H35N3O2/c1-4-15-37(16-5-1)42-21-10-12-23-47(42)58(50-26-14-25-49-54(50)44-22-11-13-24-48(44)57(49)40-19-8-3-9-20-40)41-30-27-36(28-31-41)39-29-32-43-45-34-46-53(35-52(45)59-51(43)33-39)60-55(56-46)38-17-6-2-7-18-38/h1-35H. The number of para-hydroxylation sites is 3. The van der Waals surface area contributed by atoms with Crippen LogP contribution in [0.15, 0.2) is 221 Å². The first kappa shape index (κ1) is 33.9. The van der Waals surface area contributed by atoms with Crippen LogP contribution in [0, 0.1) is 0 Å². The summed E-state index contributed by atoms with van der Waals surface area (Å²) < 4.78 is 15.0. The SMILES string of the molecule is c1ccc(-c2nc3cc4c(cc3o2)oc2cc(-c3ccc(N(c5ccccc5-c5ccccc5)c5cccc6c5c5ccccc5n6-c5ccccc5)cc3)ccc24)cc1. The molecule has 9 aromatic carbocycles. The Labute approximate surface area is 345 Å². The van der Waals surface area contributed by atoms with Crippen molar-refractivity contribution in [1.29, 1.82) is 0 Å². The van der Waals surface area contributed by atoms with Crippen molar-refractivity contribution < 1.29 is 8.83 Å². The summed E-state index contributed by atoms with van der Waals surface area (Å²) >= 11 is 0. The molecule has 0 unspecified atom stereocenters. The molecule has 5 nitrogen and oxygen atoms in total. The summed E-state index contributed by atoms with van der Waals surface area (Å²) in [6.07, 6.45) is 0. The molecule has 3 heterocycles. The lowest BCUT2D eigenvalue weighted by Gasteiger charge is -2.29. The summed E-state index contributed by atoms with van der Waals surface area (Å²) in [7, 11) is 0. The Morgan fingerprint density at radius 1 is 0.400 bits per heavy atom. The van der Waals surface area contributed by atoms with E-state index in [9.17, 15) is 0 Å². The molecular formula is C55H35N3O2. The van der Waals surface area contributed by atoms with E-state index in [1.165, 1.54) is 16.3 Å². The largest absolute Gasteiger partial charge is 0.456 e. The molecule has 282 valence electrons. The van der Waals surface area contributed by atoms with Crippen LogP contribution in [0.3, 0.4) is 0 Å². The third-order valence-electron chi connectivity index (χ3n) is 11.6. The predicted octanol–water partition coefficient (Wildman–Crippen LogP) is 15.3. The first-order valence-corrected chi connectivity index (χ1v) is 20.2. The molecule has 60 heavy (non-hydrogen) atoms. The summed E-state index contributed by atoms with van der Waals surface area (Å²) in [5, 5.41) is 4.45. The predicted molar refractivity (Wildman–Crippen MR) is 247 cm³/mol. The average molecular weight is 770 g/mol. The second-order valence-corrected chi connectivity index (χ2v) is 15.1. The minimum absolute atomic E-state index is 0.603. The fraction of sp³-hybridized carbons (Fsp3) is 0. The van der Waals surface area contributed by atoms with Gasteiger partial charge in [-0.25, -0.2) is 4.98 Å².